The summed E-state index contributed by atoms with van der Waals surface area (Å²) in [7, 11) is 0. The Bertz CT molecular complexity index is 2470. The predicted molar refractivity (Wildman–Crippen MR) is 345 cm³/mol. The van der Waals surface area contributed by atoms with Crippen LogP contribution in [0.2, 0.25) is 0 Å². The van der Waals surface area contributed by atoms with E-state index in [9.17, 15) is 33.6 Å². The molecule has 16 heteroatoms. The van der Waals surface area contributed by atoms with Gasteiger partial charge in [0.1, 0.15) is 71.0 Å². The average molecular weight is 1210 g/mol. The van der Waals surface area contributed by atoms with E-state index in [4.69, 9.17) is 33.2 Å². The lowest BCUT2D eigenvalue weighted by Crippen LogP contribution is -2.27. The molecular formula is C71H104O16. The molecule has 0 N–H and O–H groups in total. The Kier molecular flexibility index (Phi) is 44.3. The number of hydrogen-bond acceptors (Lipinski definition) is 16. The smallest absolute Gasteiger partial charge is 0.330 e. The second-order valence-corrected chi connectivity index (χ2v) is 21.8. The number of esters is 7. The third-order valence-corrected chi connectivity index (χ3v) is 13.8. The van der Waals surface area contributed by atoms with Crippen LogP contribution < -0.4 is 9.47 Å². The summed E-state index contributed by atoms with van der Waals surface area (Å²) in [6.45, 7) is 40.9. The monoisotopic (exact) mass is 1210 g/mol. The van der Waals surface area contributed by atoms with Gasteiger partial charge in [-0.2, -0.15) is 0 Å². The fourth-order valence-corrected chi connectivity index (χ4v) is 5.83. The molecule has 0 aliphatic rings. The number of benzene rings is 4. The van der Waals surface area contributed by atoms with Gasteiger partial charge in [0.25, 0.3) is 0 Å². The molecule has 0 bridgehead atoms. The van der Waals surface area contributed by atoms with E-state index in [1.165, 1.54) is 22.8 Å². The lowest BCUT2D eigenvalue weighted by molar-refractivity contribution is -0.158. The Labute approximate surface area is 520 Å². The van der Waals surface area contributed by atoms with Crippen LogP contribution in [0.25, 0.3) is 10.8 Å². The summed E-state index contributed by atoms with van der Waals surface area (Å²) < 4.78 is 45.0. The van der Waals surface area contributed by atoms with Gasteiger partial charge in [0.15, 0.2) is 0 Å². The molecule has 0 saturated carbocycles. The minimum Gasteiger partial charge on any atom is -0.490 e. The minimum absolute atomic E-state index is 0.0308. The second-order valence-electron chi connectivity index (χ2n) is 21.8. The van der Waals surface area contributed by atoms with Gasteiger partial charge in [-0.1, -0.05) is 167 Å². The average Bonchev–Trinajstić information content (AvgIpc) is 3.74. The Morgan fingerprint density at radius 3 is 1.10 bits per heavy atom. The topological polar surface area (TPSA) is 203 Å². The molecule has 16 nitrogen and oxygen atoms in total. The van der Waals surface area contributed by atoms with Crippen molar-refractivity contribution in [2.45, 2.75) is 148 Å². The largest absolute Gasteiger partial charge is 0.490 e. The highest BCUT2D eigenvalue weighted by molar-refractivity contribution is 5.83. The maximum atomic E-state index is 11.4. The molecule has 0 heterocycles. The molecule has 3 atom stereocenters. The fraction of sp³-hybridized carbons (Fsp3) is 0.507. The lowest BCUT2D eigenvalue weighted by atomic mass is 9.91. The van der Waals surface area contributed by atoms with E-state index in [1.54, 1.807) is 6.08 Å². The van der Waals surface area contributed by atoms with Crippen molar-refractivity contribution in [3.8, 4) is 11.5 Å². The Balaban J connectivity index is 0. The minimum atomic E-state index is -0.513. The summed E-state index contributed by atoms with van der Waals surface area (Å²) in [5, 5.41) is 2.69. The first-order valence-corrected chi connectivity index (χ1v) is 30.1. The number of fused-ring (bicyclic) bond motifs is 1. The van der Waals surface area contributed by atoms with Gasteiger partial charge in [0.05, 0.1) is 28.1 Å². The van der Waals surface area contributed by atoms with Crippen LogP contribution >= 0.6 is 0 Å². The van der Waals surface area contributed by atoms with Crippen molar-refractivity contribution >= 4 is 52.6 Å². The van der Waals surface area contributed by atoms with Crippen molar-refractivity contribution < 1.29 is 76.2 Å². The molecule has 4 aromatic rings. The van der Waals surface area contributed by atoms with Crippen LogP contribution in [-0.2, 0) is 66.7 Å². The first-order chi connectivity index (χ1) is 41.2. The molecule has 0 saturated heterocycles. The number of hydrogen-bond donors (Lipinski definition) is 0. The lowest BCUT2D eigenvalue weighted by Gasteiger charge is -2.20. The summed E-state index contributed by atoms with van der Waals surface area (Å²) in [6.07, 6.45) is 8.73. The van der Waals surface area contributed by atoms with Gasteiger partial charge < -0.3 is 42.6 Å². The van der Waals surface area contributed by atoms with E-state index >= 15 is 0 Å². The number of ether oxygens (including phenoxy) is 9. The SMILES string of the molecule is C=CC(=O)OCCOC(=O)C(C)(C)CC.C=CC(=O)OCCOC(=O)C(C)(C)CC.C=CCOC(=O)C(C)(C)CC.CCC(C)C(=O)OCCOc1ccccc1.CCC(C)C(=O)OCCOc1ccccc1.CCC(C)c1ccc2ccccc2c1. The van der Waals surface area contributed by atoms with Gasteiger partial charge in [-0.05, 0) is 127 Å². The zero-order valence-corrected chi connectivity index (χ0v) is 55.0. The number of para-hydroxylation sites is 2. The predicted octanol–water partition coefficient (Wildman–Crippen LogP) is 15.2. The Hall–Kier alpha value is -7.75. The molecule has 0 aliphatic heterocycles. The van der Waals surface area contributed by atoms with E-state index in [0.29, 0.717) is 51.8 Å². The molecule has 0 spiro atoms. The van der Waals surface area contributed by atoms with E-state index in [1.807, 2.05) is 151 Å². The molecule has 4 rings (SSSR count). The molecule has 0 aliphatic carbocycles. The quantitative estimate of drug-likeness (QED) is 0.0157. The summed E-state index contributed by atoms with van der Waals surface area (Å²) in [5.74, 6) is 0.149. The molecule has 0 amide bonds. The highest BCUT2D eigenvalue weighted by Crippen LogP contribution is 2.25. The zero-order chi connectivity index (χ0) is 66.3. The first kappa shape index (κ1) is 81.3. The number of rotatable bonds is 30. The third-order valence-electron chi connectivity index (χ3n) is 13.8. The van der Waals surface area contributed by atoms with Crippen LogP contribution in [0.5, 0.6) is 11.5 Å². The van der Waals surface area contributed by atoms with Crippen molar-refractivity contribution in [2.75, 3.05) is 59.5 Å². The summed E-state index contributed by atoms with van der Waals surface area (Å²) in [6, 6.07) is 34.3. The molecule has 484 valence electrons. The third kappa shape index (κ3) is 38.1. The van der Waals surface area contributed by atoms with Crippen molar-refractivity contribution in [3.05, 3.63) is 147 Å². The van der Waals surface area contributed by atoms with E-state index in [2.05, 4.69) is 85.5 Å². The Morgan fingerprint density at radius 1 is 0.414 bits per heavy atom. The van der Waals surface area contributed by atoms with Gasteiger partial charge >= 0.3 is 41.8 Å². The first-order valence-electron chi connectivity index (χ1n) is 30.1. The van der Waals surface area contributed by atoms with Crippen LogP contribution in [0.3, 0.4) is 0 Å². The number of carbonyl (C=O) groups excluding carboxylic acids is 7. The van der Waals surface area contributed by atoms with Gasteiger partial charge in [-0.25, -0.2) is 9.59 Å². The van der Waals surface area contributed by atoms with E-state index in [-0.39, 0.29) is 73.5 Å². The van der Waals surface area contributed by atoms with E-state index < -0.39 is 22.8 Å². The van der Waals surface area contributed by atoms with Gasteiger partial charge in [0, 0.05) is 12.2 Å². The molecule has 3 unspecified atom stereocenters. The van der Waals surface area contributed by atoms with Gasteiger partial charge in [-0.3, -0.25) is 24.0 Å². The molecule has 0 aromatic heterocycles. The Morgan fingerprint density at radius 2 is 0.759 bits per heavy atom. The standard InChI is InChI=1S/C14H16.2C13H18O3.2C11H18O4.C9H16O2/c1-3-11(2)13-9-8-12-6-4-5-7-14(12)10-13;2*1-3-11(2)13(14)16-10-9-15-12-7-5-4-6-8-12;2*1-5-9(12)14-7-8-15-10(13)11(3,4)6-2;1-5-7-11-8(10)9(3,4)6-2/h4-11H,3H2,1-2H3;2*4-8,11H,3,9-10H2,1-2H3;2*5H,1,6-8H2,2-4H3;5H,1,6-7H2,2-4H3. The number of carbonyl (C=O) groups is 7. The maximum absolute atomic E-state index is 11.4. The van der Waals surface area contributed by atoms with Crippen LogP contribution in [0, 0.1) is 28.1 Å². The van der Waals surface area contributed by atoms with Gasteiger partial charge in [0.2, 0.25) is 0 Å². The summed E-state index contributed by atoms with van der Waals surface area (Å²) >= 11 is 0. The normalized spacial score (nSPS) is 11.5. The van der Waals surface area contributed by atoms with Crippen molar-refractivity contribution in [2.24, 2.45) is 28.1 Å². The highest BCUT2D eigenvalue weighted by Gasteiger charge is 2.28. The van der Waals surface area contributed by atoms with Crippen molar-refractivity contribution in [1.29, 1.82) is 0 Å². The zero-order valence-electron chi connectivity index (χ0n) is 55.0. The fourth-order valence-electron chi connectivity index (χ4n) is 5.83. The highest BCUT2D eigenvalue weighted by atomic mass is 16.6. The van der Waals surface area contributed by atoms with Gasteiger partial charge in [-0.15, -0.1) is 0 Å². The molecule has 0 fully saturated rings. The summed E-state index contributed by atoms with van der Waals surface area (Å²) in [4.78, 5) is 77.9. The second kappa shape index (κ2) is 47.4. The van der Waals surface area contributed by atoms with Crippen LogP contribution in [0.4, 0.5) is 0 Å². The van der Waals surface area contributed by atoms with Crippen LogP contribution in [0.1, 0.15) is 154 Å². The van der Waals surface area contributed by atoms with Crippen LogP contribution in [-0.4, -0.2) is 101 Å². The molecule has 4 aromatic carbocycles. The molecule has 87 heavy (non-hydrogen) atoms. The summed E-state index contributed by atoms with van der Waals surface area (Å²) in [5.41, 5.74) is 0.125. The maximum Gasteiger partial charge on any atom is 0.330 e. The molecular weight excluding hydrogens is 1110 g/mol. The molecule has 0 radical (unpaired) electrons. The van der Waals surface area contributed by atoms with Crippen molar-refractivity contribution in [1.82, 2.24) is 0 Å². The van der Waals surface area contributed by atoms with E-state index in [0.717, 1.165) is 42.9 Å². The van der Waals surface area contributed by atoms with Crippen molar-refractivity contribution in [3.63, 3.8) is 0 Å². The van der Waals surface area contributed by atoms with Crippen LogP contribution in [0.15, 0.2) is 141 Å².